The Balaban J connectivity index is 2.95. The van der Waals surface area contributed by atoms with Crippen LogP contribution in [-0.2, 0) is 4.74 Å². The average molecular weight is 181 g/mol. The molecule has 1 aromatic heterocycles. The Morgan fingerprint density at radius 1 is 1.69 bits per heavy atom. The predicted octanol–water partition coefficient (Wildman–Crippen LogP) is 1.27. The molecule has 0 radical (unpaired) electrons. The van der Waals surface area contributed by atoms with Crippen LogP contribution in [0.2, 0.25) is 0 Å². The molecule has 1 aromatic rings. The first-order chi connectivity index (χ1) is 6.15. The van der Waals surface area contributed by atoms with E-state index in [9.17, 15) is 4.79 Å². The van der Waals surface area contributed by atoms with Gasteiger partial charge in [-0.3, -0.25) is 0 Å². The van der Waals surface area contributed by atoms with Gasteiger partial charge >= 0.3 is 5.97 Å². The van der Waals surface area contributed by atoms with E-state index >= 15 is 0 Å². The van der Waals surface area contributed by atoms with Gasteiger partial charge in [-0.1, -0.05) is 0 Å². The molecule has 0 unspecified atom stereocenters. The standard InChI is InChI=1S/C9H11NO3/c1-3-13-9(12)8-6(2)4-7(11)5-10-8/h4-5,11H,3H2,1-2H3. The predicted molar refractivity (Wildman–Crippen MR) is 46.6 cm³/mol. The highest BCUT2D eigenvalue weighted by Gasteiger charge is 2.11. The largest absolute Gasteiger partial charge is 0.506 e. The van der Waals surface area contributed by atoms with Crippen molar-refractivity contribution >= 4 is 5.97 Å². The highest BCUT2D eigenvalue weighted by molar-refractivity contribution is 5.88. The van der Waals surface area contributed by atoms with Crippen molar-refractivity contribution in [3.8, 4) is 5.75 Å². The molecule has 0 aliphatic heterocycles. The van der Waals surface area contributed by atoms with Crippen molar-refractivity contribution in [1.29, 1.82) is 0 Å². The maximum Gasteiger partial charge on any atom is 0.357 e. The second-order valence-corrected chi connectivity index (χ2v) is 2.58. The maximum absolute atomic E-state index is 11.2. The second-order valence-electron chi connectivity index (χ2n) is 2.58. The van der Waals surface area contributed by atoms with Gasteiger partial charge in [0.25, 0.3) is 0 Å². The van der Waals surface area contributed by atoms with Crippen molar-refractivity contribution in [3.63, 3.8) is 0 Å². The van der Waals surface area contributed by atoms with Gasteiger partial charge in [0.15, 0.2) is 5.69 Å². The highest BCUT2D eigenvalue weighted by Crippen LogP contribution is 2.12. The molecule has 1 N–H and O–H groups in total. The molecule has 4 nitrogen and oxygen atoms in total. The van der Waals surface area contributed by atoms with Gasteiger partial charge in [-0.15, -0.1) is 0 Å². The van der Waals surface area contributed by atoms with Gasteiger partial charge in [-0.25, -0.2) is 9.78 Å². The third-order valence-corrected chi connectivity index (χ3v) is 1.53. The summed E-state index contributed by atoms with van der Waals surface area (Å²) in [5.74, 6) is -0.412. The molecule has 0 aliphatic carbocycles. The first-order valence-electron chi connectivity index (χ1n) is 3.98. The fraction of sp³-hybridized carbons (Fsp3) is 0.333. The molecule has 1 heterocycles. The normalized spacial score (nSPS) is 9.69. The van der Waals surface area contributed by atoms with Gasteiger partial charge in [-0.05, 0) is 25.5 Å². The van der Waals surface area contributed by atoms with Gasteiger partial charge in [0.05, 0.1) is 12.8 Å². The number of rotatable bonds is 2. The van der Waals surface area contributed by atoms with Crippen LogP contribution >= 0.6 is 0 Å². The fourth-order valence-electron chi connectivity index (χ4n) is 0.973. The first-order valence-corrected chi connectivity index (χ1v) is 3.98. The van der Waals surface area contributed by atoms with Crippen LogP contribution in [0, 0.1) is 6.92 Å². The molecule has 13 heavy (non-hydrogen) atoms. The molecular formula is C9H11NO3. The van der Waals surface area contributed by atoms with E-state index in [1.165, 1.54) is 12.3 Å². The molecule has 0 spiro atoms. The first kappa shape index (κ1) is 9.51. The lowest BCUT2D eigenvalue weighted by Crippen LogP contribution is -2.08. The Labute approximate surface area is 76.2 Å². The van der Waals surface area contributed by atoms with Gasteiger partial charge in [0, 0.05) is 0 Å². The van der Waals surface area contributed by atoms with Crippen molar-refractivity contribution in [2.24, 2.45) is 0 Å². The number of aromatic hydroxyl groups is 1. The third-order valence-electron chi connectivity index (χ3n) is 1.53. The Morgan fingerprint density at radius 3 is 2.92 bits per heavy atom. The molecule has 1 rings (SSSR count). The zero-order valence-corrected chi connectivity index (χ0v) is 7.57. The molecule has 0 amide bonds. The molecule has 0 atom stereocenters. The van der Waals surface area contributed by atoms with E-state index in [4.69, 9.17) is 9.84 Å². The lowest BCUT2D eigenvalue weighted by molar-refractivity contribution is 0.0518. The van der Waals surface area contributed by atoms with Gasteiger partial charge in [-0.2, -0.15) is 0 Å². The van der Waals surface area contributed by atoms with Crippen molar-refractivity contribution in [2.45, 2.75) is 13.8 Å². The molecule has 0 fully saturated rings. The van der Waals surface area contributed by atoms with Crippen LogP contribution < -0.4 is 0 Å². The summed E-state index contributed by atoms with van der Waals surface area (Å²) < 4.78 is 4.77. The summed E-state index contributed by atoms with van der Waals surface area (Å²) in [7, 11) is 0. The van der Waals surface area contributed by atoms with Gasteiger partial charge < -0.3 is 9.84 Å². The van der Waals surface area contributed by atoms with Crippen molar-refractivity contribution in [2.75, 3.05) is 6.61 Å². The number of aryl methyl sites for hydroxylation is 1. The molecule has 0 saturated heterocycles. The zero-order chi connectivity index (χ0) is 9.84. The van der Waals surface area contributed by atoms with Crippen LogP contribution in [0.5, 0.6) is 5.75 Å². The van der Waals surface area contributed by atoms with E-state index in [1.807, 2.05) is 0 Å². The summed E-state index contributed by atoms with van der Waals surface area (Å²) in [5, 5.41) is 9.03. The minimum absolute atomic E-state index is 0.0468. The summed E-state index contributed by atoms with van der Waals surface area (Å²) in [5.41, 5.74) is 0.859. The lowest BCUT2D eigenvalue weighted by atomic mass is 10.2. The molecule has 70 valence electrons. The van der Waals surface area contributed by atoms with E-state index in [2.05, 4.69) is 4.98 Å². The number of carbonyl (C=O) groups excluding carboxylic acids is 1. The number of carbonyl (C=O) groups is 1. The van der Waals surface area contributed by atoms with Crippen LogP contribution in [0.3, 0.4) is 0 Å². The average Bonchev–Trinajstić information content (AvgIpc) is 2.04. The van der Waals surface area contributed by atoms with E-state index in [0.717, 1.165) is 0 Å². The minimum Gasteiger partial charge on any atom is -0.506 e. The maximum atomic E-state index is 11.2. The second kappa shape index (κ2) is 3.89. The van der Waals surface area contributed by atoms with E-state index in [1.54, 1.807) is 13.8 Å². The fourth-order valence-corrected chi connectivity index (χ4v) is 0.973. The Morgan fingerprint density at radius 2 is 2.38 bits per heavy atom. The van der Waals surface area contributed by atoms with Crippen LogP contribution in [0.15, 0.2) is 12.3 Å². The number of nitrogens with zero attached hydrogens (tertiary/aromatic N) is 1. The summed E-state index contributed by atoms with van der Waals surface area (Å²) in [6, 6.07) is 1.47. The lowest BCUT2D eigenvalue weighted by Gasteiger charge is -2.03. The Kier molecular flexibility index (Phi) is 2.84. The van der Waals surface area contributed by atoms with Gasteiger partial charge in [0.2, 0.25) is 0 Å². The summed E-state index contributed by atoms with van der Waals surface area (Å²) in [4.78, 5) is 15.0. The van der Waals surface area contributed by atoms with Crippen molar-refractivity contribution < 1.29 is 14.6 Å². The minimum atomic E-state index is -0.458. The summed E-state index contributed by atoms with van der Waals surface area (Å²) in [6.07, 6.45) is 1.22. The smallest absolute Gasteiger partial charge is 0.357 e. The number of esters is 1. The van der Waals surface area contributed by atoms with Crippen LogP contribution in [0.25, 0.3) is 0 Å². The third kappa shape index (κ3) is 2.18. The van der Waals surface area contributed by atoms with Crippen LogP contribution in [-0.4, -0.2) is 22.7 Å². The SMILES string of the molecule is CCOC(=O)c1ncc(O)cc1C. The monoisotopic (exact) mass is 181 g/mol. The Bertz CT molecular complexity index is 323. The Hall–Kier alpha value is -1.58. The molecular weight excluding hydrogens is 170 g/mol. The quantitative estimate of drug-likeness (QED) is 0.698. The number of hydrogen-bond donors (Lipinski definition) is 1. The molecule has 0 bridgehead atoms. The van der Waals surface area contributed by atoms with E-state index in [0.29, 0.717) is 12.2 Å². The van der Waals surface area contributed by atoms with E-state index < -0.39 is 5.97 Å². The highest BCUT2D eigenvalue weighted by atomic mass is 16.5. The summed E-state index contributed by atoms with van der Waals surface area (Å²) in [6.45, 7) is 3.74. The number of ether oxygens (including phenoxy) is 1. The number of pyridine rings is 1. The topological polar surface area (TPSA) is 59.4 Å². The summed E-state index contributed by atoms with van der Waals surface area (Å²) >= 11 is 0. The molecule has 0 aliphatic rings. The number of hydrogen-bond acceptors (Lipinski definition) is 4. The molecule has 4 heteroatoms. The number of aromatic nitrogens is 1. The van der Waals surface area contributed by atoms with Crippen molar-refractivity contribution in [3.05, 3.63) is 23.5 Å². The molecule has 0 aromatic carbocycles. The van der Waals surface area contributed by atoms with E-state index in [-0.39, 0.29) is 11.4 Å². The zero-order valence-electron chi connectivity index (χ0n) is 7.57. The van der Waals surface area contributed by atoms with Gasteiger partial charge in [0.1, 0.15) is 5.75 Å². The van der Waals surface area contributed by atoms with Crippen LogP contribution in [0.1, 0.15) is 23.0 Å². The molecule has 0 saturated carbocycles. The van der Waals surface area contributed by atoms with Crippen LogP contribution in [0.4, 0.5) is 0 Å². The van der Waals surface area contributed by atoms with Crippen molar-refractivity contribution in [1.82, 2.24) is 4.98 Å².